The molecule has 0 aliphatic heterocycles. The van der Waals surface area contributed by atoms with E-state index >= 15 is 0 Å². The van der Waals surface area contributed by atoms with Crippen LogP contribution in [0.2, 0.25) is 0 Å². The first-order chi connectivity index (χ1) is 7.48. The summed E-state index contributed by atoms with van der Waals surface area (Å²) in [6, 6.07) is 0. The average molecular weight is 219 g/mol. The molecule has 0 radical (unpaired) electrons. The minimum atomic E-state index is -0.552. The van der Waals surface area contributed by atoms with E-state index in [-0.39, 0.29) is 5.69 Å². The Hall–Kier alpha value is -2.09. The summed E-state index contributed by atoms with van der Waals surface area (Å²) in [4.78, 5) is 19.1. The van der Waals surface area contributed by atoms with Crippen LogP contribution >= 0.6 is 0 Å². The van der Waals surface area contributed by atoms with Gasteiger partial charge in [0.15, 0.2) is 5.69 Å². The van der Waals surface area contributed by atoms with E-state index in [0.29, 0.717) is 5.82 Å². The molecular weight excluding hydrogens is 206 g/mol. The van der Waals surface area contributed by atoms with Gasteiger partial charge in [-0.05, 0) is 13.8 Å². The van der Waals surface area contributed by atoms with Crippen molar-refractivity contribution in [3.8, 4) is 12.3 Å². The Morgan fingerprint density at radius 3 is 2.81 bits per heavy atom. The molecule has 1 aromatic heterocycles. The van der Waals surface area contributed by atoms with Crippen molar-refractivity contribution in [2.75, 3.05) is 12.4 Å². The van der Waals surface area contributed by atoms with Crippen LogP contribution in [0.1, 0.15) is 24.3 Å². The number of nitrogens with one attached hydrogen (secondary N) is 1. The maximum absolute atomic E-state index is 11.2. The summed E-state index contributed by atoms with van der Waals surface area (Å²) in [5.74, 6) is 2.46. The fourth-order valence-electron chi connectivity index (χ4n) is 0.985. The zero-order chi connectivity index (χ0) is 12.2. The first kappa shape index (κ1) is 12.0. The van der Waals surface area contributed by atoms with Gasteiger partial charge >= 0.3 is 5.97 Å². The molecule has 0 fully saturated rings. The lowest BCUT2D eigenvalue weighted by Gasteiger charge is -2.19. The van der Waals surface area contributed by atoms with Crippen LogP contribution in [0.15, 0.2) is 12.4 Å². The molecule has 0 aliphatic rings. The smallest absolute Gasteiger partial charge is 0.358 e. The molecule has 0 amide bonds. The van der Waals surface area contributed by atoms with E-state index in [9.17, 15) is 4.79 Å². The van der Waals surface area contributed by atoms with Gasteiger partial charge in [0.2, 0.25) is 0 Å². The molecule has 0 saturated heterocycles. The van der Waals surface area contributed by atoms with Gasteiger partial charge in [-0.1, -0.05) is 5.92 Å². The molecule has 0 aromatic carbocycles. The number of methoxy groups -OCH3 is 1. The van der Waals surface area contributed by atoms with Crippen molar-refractivity contribution in [1.82, 2.24) is 9.97 Å². The van der Waals surface area contributed by atoms with Crippen molar-refractivity contribution < 1.29 is 9.53 Å². The lowest BCUT2D eigenvalue weighted by molar-refractivity contribution is 0.0593. The van der Waals surface area contributed by atoms with E-state index in [1.54, 1.807) is 0 Å². The summed E-state index contributed by atoms with van der Waals surface area (Å²) in [6.45, 7) is 3.64. The third kappa shape index (κ3) is 2.95. The Morgan fingerprint density at radius 1 is 1.56 bits per heavy atom. The van der Waals surface area contributed by atoms with E-state index in [1.807, 2.05) is 13.8 Å². The first-order valence-electron chi connectivity index (χ1n) is 4.65. The van der Waals surface area contributed by atoms with Crippen LogP contribution in [0.3, 0.4) is 0 Å². The van der Waals surface area contributed by atoms with E-state index < -0.39 is 11.5 Å². The number of hydrogen-bond acceptors (Lipinski definition) is 5. The molecular formula is C11H13N3O2. The Labute approximate surface area is 94.2 Å². The van der Waals surface area contributed by atoms with Gasteiger partial charge in [0, 0.05) is 0 Å². The maximum Gasteiger partial charge on any atom is 0.358 e. The van der Waals surface area contributed by atoms with Crippen molar-refractivity contribution in [2.24, 2.45) is 0 Å². The quantitative estimate of drug-likeness (QED) is 0.609. The highest BCUT2D eigenvalue weighted by molar-refractivity contribution is 5.87. The Bertz CT molecular complexity index is 435. The molecule has 0 saturated carbocycles. The summed E-state index contributed by atoms with van der Waals surface area (Å²) in [7, 11) is 1.29. The summed E-state index contributed by atoms with van der Waals surface area (Å²) in [6.07, 6.45) is 8.15. The molecule has 0 spiro atoms. The zero-order valence-electron chi connectivity index (χ0n) is 9.44. The molecule has 0 atom stereocenters. The van der Waals surface area contributed by atoms with Crippen molar-refractivity contribution in [3.05, 3.63) is 18.1 Å². The minimum Gasteiger partial charge on any atom is -0.464 e. The van der Waals surface area contributed by atoms with Crippen LogP contribution in [-0.4, -0.2) is 28.6 Å². The van der Waals surface area contributed by atoms with Crippen LogP contribution in [0.4, 0.5) is 5.82 Å². The summed E-state index contributed by atoms with van der Waals surface area (Å²) >= 11 is 0. The summed E-state index contributed by atoms with van der Waals surface area (Å²) in [5, 5.41) is 2.97. The Kier molecular flexibility index (Phi) is 3.46. The fraction of sp³-hybridized carbons (Fsp3) is 0.364. The fourth-order valence-corrected chi connectivity index (χ4v) is 0.985. The van der Waals surface area contributed by atoms with Gasteiger partial charge in [-0.25, -0.2) is 9.78 Å². The second-order valence-electron chi connectivity index (χ2n) is 3.68. The van der Waals surface area contributed by atoms with E-state index in [2.05, 4.69) is 25.9 Å². The third-order valence-electron chi connectivity index (χ3n) is 1.83. The number of carbonyl (C=O) groups excluding carboxylic acids is 1. The third-order valence-corrected chi connectivity index (χ3v) is 1.83. The molecule has 1 heterocycles. The number of nitrogens with zero attached hydrogens (tertiary/aromatic N) is 2. The Balaban J connectivity index is 2.92. The van der Waals surface area contributed by atoms with Crippen molar-refractivity contribution in [2.45, 2.75) is 19.4 Å². The number of anilines is 1. The summed E-state index contributed by atoms with van der Waals surface area (Å²) < 4.78 is 4.54. The SMILES string of the molecule is C#CC(C)(C)Nc1cncc(C(=O)OC)n1. The van der Waals surface area contributed by atoms with Crippen LogP contribution < -0.4 is 5.32 Å². The van der Waals surface area contributed by atoms with Gasteiger partial charge in [0.05, 0.1) is 25.0 Å². The first-order valence-corrected chi connectivity index (χ1v) is 4.65. The molecule has 0 unspecified atom stereocenters. The lowest BCUT2D eigenvalue weighted by Crippen LogP contribution is -2.29. The number of carbonyl (C=O) groups is 1. The standard InChI is InChI=1S/C11H13N3O2/c1-5-11(2,3)14-9-7-12-6-8(13-9)10(15)16-4/h1,6-7H,2-4H3,(H,13,14). The molecule has 84 valence electrons. The van der Waals surface area contributed by atoms with Gasteiger partial charge < -0.3 is 10.1 Å². The Morgan fingerprint density at radius 2 is 2.25 bits per heavy atom. The van der Waals surface area contributed by atoms with E-state index in [1.165, 1.54) is 19.5 Å². The molecule has 1 aromatic rings. The predicted octanol–water partition coefficient (Wildman–Crippen LogP) is 1.09. The monoisotopic (exact) mass is 219 g/mol. The molecule has 1 rings (SSSR count). The molecule has 16 heavy (non-hydrogen) atoms. The van der Waals surface area contributed by atoms with Crippen LogP contribution in [0.5, 0.6) is 0 Å². The minimum absolute atomic E-state index is 0.139. The molecule has 0 bridgehead atoms. The van der Waals surface area contributed by atoms with Gasteiger partial charge in [-0.15, -0.1) is 6.42 Å². The average Bonchev–Trinajstić information content (AvgIpc) is 2.28. The molecule has 5 heteroatoms. The van der Waals surface area contributed by atoms with Gasteiger partial charge in [0.1, 0.15) is 5.82 Å². The number of aromatic nitrogens is 2. The number of rotatable bonds is 3. The van der Waals surface area contributed by atoms with Gasteiger partial charge in [-0.2, -0.15) is 0 Å². The van der Waals surface area contributed by atoms with Crippen LogP contribution in [0, 0.1) is 12.3 Å². The molecule has 1 N–H and O–H groups in total. The second-order valence-corrected chi connectivity index (χ2v) is 3.68. The number of esters is 1. The highest BCUT2D eigenvalue weighted by atomic mass is 16.5. The predicted molar refractivity (Wildman–Crippen MR) is 59.9 cm³/mol. The summed E-state index contributed by atoms with van der Waals surface area (Å²) in [5.41, 5.74) is -0.413. The maximum atomic E-state index is 11.2. The zero-order valence-corrected chi connectivity index (χ0v) is 9.44. The van der Waals surface area contributed by atoms with Crippen molar-refractivity contribution >= 4 is 11.8 Å². The number of terminal acetylenes is 1. The lowest BCUT2D eigenvalue weighted by atomic mass is 10.1. The van der Waals surface area contributed by atoms with Crippen molar-refractivity contribution in [3.63, 3.8) is 0 Å². The van der Waals surface area contributed by atoms with Crippen LogP contribution in [0.25, 0.3) is 0 Å². The van der Waals surface area contributed by atoms with E-state index in [4.69, 9.17) is 6.42 Å². The largest absolute Gasteiger partial charge is 0.464 e. The molecule has 5 nitrogen and oxygen atoms in total. The molecule has 0 aliphatic carbocycles. The van der Waals surface area contributed by atoms with E-state index in [0.717, 1.165) is 0 Å². The topological polar surface area (TPSA) is 64.1 Å². The van der Waals surface area contributed by atoms with Crippen molar-refractivity contribution in [1.29, 1.82) is 0 Å². The van der Waals surface area contributed by atoms with Gasteiger partial charge in [-0.3, -0.25) is 4.98 Å². The number of hydrogen-bond donors (Lipinski definition) is 1. The normalized spacial score (nSPS) is 10.4. The van der Waals surface area contributed by atoms with Gasteiger partial charge in [0.25, 0.3) is 0 Å². The number of ether oxygens (including phenoxy) is 1. The second kappa shape index (κ2) is 4.62. The highest BCUT2D eigenvalue weighted by Crippen LogP contribution is 2.11. The highest BCUT2D eigenvalue weighted by Gasteiger charge is 2.15. The van der Waals surface area contributed by atoms with Crippen LogP contribution in [-0.2, 0) is 4.74 Å².